The van der Waals surface area contributed by atoms with E-state index in [0.29, 0.717) is 51.6 Å². The van der Waals surface area contributed by atoms with Crippen LogP contribution in [0.2, 0.25) is 0 Å². The molecule has 4 rings (SSSR count). The van der Waals surface area contributed by atoms with Gasteiger partial charge in [0, 0.05) is 56.9 Å². The number of aromatic nitrogens is 1. The third kappa shape index (κ3) is 5.50. The standard InChI is InChI=1S/C26H32N2O6/c1-32-26(31)24-21-9-12-27(25(30)20-10-16-33-17-11-20)13-14-28(21)23(29)18-22(24)34-15-5-8-19-6-3-2-4-7-19/h2-4,6-7,18,20H,5,8-17H2,1H3. The topological polar surface area (TPSA) is 87.1 Å². The number of nitrogens with zero attached hydrogens (tertiary/aromatic N) is 2. The fourth-order valence-corrected chi connectivity index (χ4v) is 4.71. The van der Waals surface area contributed by atoms with E-state index in [0.717, 1.165) is 25.7 Å². The molecule has 1 aromatic heterocycles. The van der Waals surface area contributed by atoms with Crippen LogP contribution in [0.1, 0.15) is 40.9 Å². The van der Waals surface area contributed by atoms with E-state index in [2.05, 4.69) is 12.1 Å². The Bertz CT molecular complexity index is 1060. The largest absolute Gasteiger partial charge is 0.492 e. The maximum absolute atomic E-state index is 13.0. The minimum absolute atomic E-state index is 0.0460. The molecule has 2 aliphatic heterocycles. The second-order valence-electron chi connectivity index (χ2n) is 8.71. The van der Waals surface area contributed by atoms with Crippen LogP contribution in [-0.4, -0.2) is 61.4 Å². The van der Waals surface area contributed by atoms with E-state index in [9.17, 15) is 14.4 Å². The first-order chi connectivity index (χ1) is 16.6. The molecule has 0 N–H and O–H groups in total. The molecule has 0 radical (unpaired) electrons. The van der Waals surface area contributed by atoms with Crippen molar-refractivity contribution in [1.29, 1.82) is 0 Å². The van der Waals surface area contributed by atoms with Crippen LogP contribution in [0.4, 0.5) is 0 Å². The second-order valence-corrected chi connectivity index (χ2v) is 8.71. The van der Waals surface area contributed by atoms with Gasteiger partial charge in [-0.1, -0.05) is 30.3 Å². The summed E-state index contributed by atoms with van der Waals surface area (Å²) in [6.07, 6.45) is 3.40. The molecule has 1 amide bonds. The van der Waals surface area contributed by atoms with Crippen LogP contribution in [0.3, 0.4) is 0 Å². The first kappa shape index (κ1) is 24.0. The lowest BCUT2D eigenvalue weighted by molar-refractivity contribution is -0.138. The summed E-state index contributed by atoms with van der Waals surface area (Å²) in [6.45, 7) is 2.78. The number of aryl methyl sites for hydroxylation is 1. The number of hydrogen-bond acceptors (Lipinski definition) is 6. The minimum Gasteiger partial charge on any atom is -0.492 e. The van der Waals surface area contributed by atoms with Gasteiger partial charge in [0.15, 0.2) is 0 Å². The predicted octanol–water partition coefficient (Wildman–Crippen LogP) is 2.46. The van der Waals surface area contributed by atoms with Gasteiger partial charge in [0.2, 0.25) is 5.91 Å². The van der Waals surface area contributed by atoms with E-state index in [-0.39, 0.29) is 28.7 Å². The van der Waals surface area contributed by atoms with Gasteiger partial charge in [-0.3, -0.25) is 9.59 Å². The molecular formula is C26H32N2O6. The Morgan fingerprint density at radius 2 is 1.85 bits per heavy atom. The fourth-order valence-electron chi connectivity index (χ4n) is 4.71. The first-order valence-electron chi connectivity index (χ1n) is 12.0. The summed E-state index contributed by atoms with van der Waals surface area (Å²) in [7, 11) is 1.32. The maximum Gasteiger partial charge on any atom is 0.343 e. The molecule has 34 heavy (non-hydrogen) atoms. The number of esters is 1. The van der Waals surface area contributed by atoms with Gasteiger partial charge in [0.05, 0.1) is 13.7 Å². The van der Waals surface area contributed by atoms with E-state index in [1.54, 1.807) is 4.57 Å². The van der Waals surface area contributed by atoms with Gasteiger partial charge in [-0.15, -0.1) is 0 Å². The van der Waals surface area contributed by atoms with Gasteiger partial charge < -0.3 is 23.7 Å². The van der Waals surface area contributed by atoms with Gasteiger partial charge >= 0.3 is 5.97 Å². The molecule has 1 fully saturated rings. The lowest BCUT2D eigenvalue weighted by Gasteiger charge is -2.28. The third-order valence-corrected chi connectivity index (χ3v) is 6.58. The Kier molecular flexibility index (Phi) is 8.00. The summed E-state index contributed by atoms with van der Waals surface area (Å²) >= 11 is 0. The van der Waals surface area contributed by atoms with Gasteiger partial charge in [-0.05, 0) is 31.2 Å². The van der Waals surface area contributed by atoms with Crippen molar-refractivity contribution in [3.8, 4) is 5.75 Å². The average molecular weight is 469 g/mol. The lowest BCUT2D eigenvalue weighted by Crippen LogP contribution is -2.40. The summed E-state index contributed by atoms with van der Waals surface area (Å²) in [5.74, 6) is -0.234. The molecule has 3 heterocycles. The number of methoxy groups -OCH3 is 1. The number of amides is 1. The minimum atomic E-state index is -0.536. The maximum atomic E-state index is 13.0. The number of ether oxygens (including phenoxy) is 3. The molecule has 8 heteroatoms. The van der Waals surface area contributed by atoms with Crippen molar-refractivity contribution in [2.24, 2.45) is 5.92 Å². The van der Waals surface area contributed by atoms with Gasteiger partial charge in [-0.2, -0.15) is 0 Å². The van der Waals surface area contributed by atoms with Crippen molar-refractivity contribution in [3.63, 3.8) is 0 Å². The number of fused-ring (bicyclic) bond motifs is 1. The van der Waals surface area contributed by atoms with Crippen molar-refractivity contribution in [2.75, 3.05) is 40.0 Å². The molecule has 1 aromatic carbocycles. The zero-order chi connectivity index (χ0) is 23.9. The van der Waals surface area contributed by atoms with Crippen molar-refractivity contribution in [2.45, 2.75) is 38.6 Å². The number of carbonyl (C=O) groups is 2. The monoisotopic (exact) mass is 468 g/mol. The number of benzene rings is 1. The lowest BCUT2D eigenvalue weighted by atomic mass is 9.98. The highest BCUT2D eigenvalue weighted by atomic mass is 16.5. The van der Waals surface area contributed by atoms with E-state index in [1.165, 1.54) is 18.7 Å². The zero-order valence-corrected chi connectivity index (χ0v) is 19.7. The predicted molar refractivity (Wildman–Crippen MR) is 126 cm³/mol. The van der Waals surface area contributed by atoms with Crippen molar-refractivity contribution in [3.05, 3.63) is 63.6 Å². The summed E-state index contributed by atoms with van der Waals surface area (Å²) in [5.41, 5.74) is 1.82. The molecule has 182 valence electrons. The second kappa shape index (κ2) is 11.3. The SMILES string of the molecule is COC(=O)c1c(OCCCc2ccccc2)cc(=O)n2c1CCN(C(=O)C1CCOCC1)CC2. The van der Waals surface area contributed by atoms with Gasteiger partial charge in [-0.25, -0.2) is 4.79 Å². The van der Waals surface area contributed by atoms with Crippen molar-refractivity contribution < 1.29 is 23.8 Å². The third-order valence-electron chi connectivity index (χ3n) is 6.58. The molecular weight excluding hydrogens is 436 g/mol. The Morgan fingerprint density at radius 1 is 1.09 bits per heavy atom. The van der Waals surface area contributed by atoms with Crippen LogP contribution in [0.25, 0.3) is 0 Å². The molecule has 0 spiro atoms. The summed E-state index contributed by atoms with van der Waals surface area (Å²) in [4.78, 5) is 40.5. The zero-order valence-electron chi connectivity index (χ0n) is 19.7. The molecule has 0 unspecified atom stereocenters. The quantitative estimate of drug-likeness (QED) is 0.458. The molecule has 0 atom stereocenters. The summed E-state index contributed by atoms with van der Waals surface area (Å²) in [5, 5.41) is 0. The Morgan fingerprint density at radius 3 is 2.59 bits per heavy atom. The highest BCUT2D eigenvalue weighted by Crippen LogP contribution is 2.25. The number of hydrogen-bond donors (Lipinski definition) is 0. The Hall–Kier alpha value is -3.13. The van der Waals surface area contributed by atoms with E-state index >= 15 is 0 Å². The molecule has 2 aliphatic rings. The number of rotatable bonds is 7. The molecule has 2 aromatic rings. The Balaban J connectivity index is 1.50. The number of pyridine rings is 1. The van der Waals surface area contributed by atoms with E-state index in [1.807, 2.05) is 23.1 Å². The van der Waals surface area contributed by atoms with E-state index < -0.39 is 5.97 Å². The Labute approximate surface area is 199 Å². The molecule has 0 saturated carbocycles. The highest BCUT2D eigenvalue weighted by molar-refractivity contribution is 5.93. The highest BCUT2D eigenvalue weighted by Gasteiger charge is 2.30. The van der Waals surface area contributed by atoms with Crippen LogP contribution < -0.4 is 10.3 Å². The summed E-state index contributed by atoms with van der Waals surface area (Å²) in [6, 6.07) is 11.5. The van der Waals surface area contributed by atoms with E-state index in [4.69, 9.17) is 14.2 Å². The van der Waals surface area contributed by atoms with Crippen LogP contribution in [0.5, 0.6) is 5.75 Å². The summed E-state index contributed by atoms with van der Waals surface area (Å²) < 4.78 is 17.9. The first-order valence-corrected chi connectivity index (χ1v) is 12.0. The smallest absolute Gasteiger partial charge is 0.343 e. The van der Waals surface area contributed by atoms with Crippen LogP contribution in [0, 0.1) is 5.92 Å². The fraction of sp³-hybridized carbons (Fsp3) is 0.500. The normalized spacial score (nSPS) is 16.4. The van der Waals surface area contributed by atoms with Crippen molar-refractivity contribution in [1.82, 2.24) is 9.47 Å². The van der Waals surface area contributed by atoms with Gasteiger partial charge in [0.25, 0.3) is 5.56 Å². The molecule has 1 saturated heterocycles. The van der Waals surface area contributed by atoms with Crippen LogP contribution in [0.15, 0.2) is 41.2 Å². The van der Waals surface area contributed by atoms with Crippen LogP contribution in [-0.2, 0) is 33.7 Å². The molecule has 0 aliphatic carbocycles. The average Bonchev–Trinajstić information content (AvgIpc) is 3.11. The van der Waals surface area contributed by atoms with Gasteiger partial charge in [0.1, 0.15) is 11.3 Å². The van der Waals surface area contributed by atoms with Crippen LogP contribution >= 0.6 is 0 Å². The van der Waals surface area contributed by atoms with Crippen molar-refractivity contribution >= 4 is 11.9 Å². The molecule has 8 nitrogen and oxygen atoms in total. The number of carbonyl (C=O) groups excluding carboxylic acids is 2. The molecule has 0 bridgehead atoms.